The molecule has 5 nitrogen and oxygen atoms in total. The predicted molar refractivity (Wildman–Crippen MR) is 64.5 cm³/mol. The molecule has 0 radical (unpaired) electrons. The number of nitrogens with zero attached hydrogens (tertiary/aromatic N) is 3. The van der Waals surface area contributed by atoms with Crippen LogP contribution in [-0.2, 0) is 0 Å². The molecule has 0 bridgehead atoms. The first kappa shape index (κ1) is 13.9. The highest BCUT2D eigenvalue weighted by atomic mass is 16.3. The third-order valence-corrected chi connectivity index (χ3v) is 3.16. The summed E-state index contributed by atoms with van der Waals surface area (Å²) in [5.41, 5.74) is 0. The summed E-state index contributed by atoms with van der Waals surface area (Å²) < 4.78 is 0. The van der Waals surface area contributed by atoms with E-state index in [-0.39, 0.29) is 13.2 Å². The number of hydrogen-bond acceptors (Lipinski definition) is 5. The van der Waals surface area contributed by atoms with Crippen molar-refractivity contribution in [3.8, 4) is 0 Å². The van der Waals surface area contributed by atoms with Gasteiger partial charge in [0.25, 0.3) is 0 Å². The van der Waals surface area contributed by atoms with Gasteiger partial charge in [-0.05, 0) is 7.05 Å². The highest BCUT2D eigenvalue weighted by Crippen LogP contribution is 1.99. The quantitative estimate of drug-likeness (QED) is 0.560. The molecule has 0 spiro atoms. The van der Waals surface area contributed by atoms with Gasteiger partial charge in [-0.15, -0.1) is 0 Å². The summed E-state index contributed by atoms with van der Waals surface area (Å²) in [6, 6.07) is 0. The summed E-state index contributed by atoms with van der Waals surface area (Å²) in [5.74, 6) is 0. The molecule has 1 aliphatic rings. The molecular weight excluding hydrogens is 206 g/mol. The summed E-state index contributed by atoms with van der Waals surface area (Å²) in [5, 5.41) is 17.8. The summed E-state index contributed by atoms with van der Waals surface area (Å²) >= 11 is 0. The second kappa shape index (κ2) is 7.97. The molecule has 0 aromatic heterocycles. The van der Waals surface area contributed by atoms with Crippen LogP contribution in [-0.4, -0.2) is 97.5 Å². The summed E-state index contributed by atoms with van der Waals surface area (Å²) in [4.78, 5) is 6.90. The van der Waals surface area contributed by atoms with Crippen molar-refractivity contribution in [2.24, 2.45) is 0 Å². The average Bonchev–Trinajstić information content (AvgIpc) is 2.29. The fourth-order valence-corrected chi connectivity index (χ4v) is 1.97. The topological polar surface area (TPSA) is 50.2 Å². The van der Waals surface area contributed by atoms with Gasteiger partial charge in [0.1, 0.15) is 0 Å². The highest BCUT2D eigenvalue weighted by Gasteiger charge is 2.14. The van der Waals surface area contributed by atoms with E-state index in [4.69, 9.17) is 10.2 Å². The van der Waals surface area contributed by atoms with E-state index in [1.807, 2.05) is 0 Å². The number of likely N-dealkylation sites (N-methyl/N-ethyl adjacent to an activating group) is 1. The molecular formula is C11H25N3O2. The number of hydrogen-bond donors (Lipinski definition) is 2. The van der Waals surface area contributed by atoms with Crippen LogP contribution in [0.3, 0.4) is 0 Å². The van der Waals surface area contributed by atoms with Gasteiger partial charge in [0, 0.05) is 52.4 Å². The Kier molecular flexibility index (Phi) is 6.91. The van der Waals surface area contributed by atoms with E-state index in [9.17, 15) is 0 Å². The van der Waals surface area contributed by atoms with Gasteiger partial charge in [0.05, 0.1) is 13.2 Å². The van der Waals surface area contributed by atoms with Gasteiger partial charge in [-0.25, -0.2) is 0 Å². The van der Waals surface area contributed by atoms with E-state index in [0.717, 1.165) is 39.3 Å². The molecule has 0 atom stereocenters. The van der Waals surface area contributed by atoms with Gasteiger partial charge in [-0.2, -0.15) is 0 Å². The molecule has 0 aromatic carbocycles. The Bertz CT molecular complexity index is 167. The van der Waals surface area contributed by atoms with Crippen molar-refractivity contribution in [1.29, 1.82) is 0 Å². The van der Waals surface area contributed by atoms with E-state index < -0.39 is 0 Å². The Morgan fingerprint density at radius 2 is 1.50 bits per heavy atom. The van der Waals surface area contributed by atoms with Crippen molar-refractivity contribution < 1.29 is 10.2 Å². The number of piperazine rings is 1. The molecule has 1 heterocycles. The zero-order valence-corrected chi connectivity index (χ0v) is 10.3. The van der Waals surface area contributed by atoms with Gasteiger partial charge in [-0.1, -0.05) is 0 Å². The minimum atomic E-state index is 0.169. The Balaban J connectivity index is 2.15. The van der Waals surface area contributed by atoms with E-state index in [2.05, 4.69) is 21.7 Å². The third kappa shape index (κ3) is 5.23. The fraction of sp³-hybridized carbons (Fsp3) is 1.00. The molecule has 0 aliphatic carbocycles. The standard InChI is InChI=1S/C11H25N3O2/c1-12-2-4-13(5-3-12)6-7-14(8-10-15)9-11-16/h15-16H,2-11H2,1H3. The zero-order chi connectivity index (χ0) is 11.8. The van der Waals surface area contributed by atoms with Crippen LogP contribution in [0.5, 0.6) is 0 Å². The second-order valence-corrected chi connectivity index (χ2v) is 4.43. The Labute approximate surface area is 98.3 Å². The average molecular weight is 231 g/mol. The van der Waals surface area contributed by atoms with Crippen LogP contribution in [0, 0.1) is 0 Å². The molecule has 0 saturated carbocycles. The lowest BCUT2D eigenvalue weighted by Gasteiger charge is -2.33. The first-order valence-electron chi connectivity index (χ1n) is 6.11. The largest absolute Gasteiger partial charge is 0.395 e. The Morgan fingerprint density at radius 1 is 0.938 bits per heavy atom. The molecule has 0 aromatic rings. The van der Waals surface area contributed by atoms with Crippen LogP contribution in [0.4, 0.5) is 0 Å². The van der Waals surface area contributed by atoms with Crippen molar-refractivity contribution in [2.75, 3.05) is 72.6 Å². The SMILES string of the molecule is CN1CCN(CCN(CCO)CCO)CC1. The molecule has 1 saturated heterocycles. The first-order valence-corrected chi connectivity index (χ1v) is 6.11. The van der Waals surface area contributed by atoms with Gasteiger partial charge >= 0.3 is 0 Å². The smallest absolute Gasteiger partial charge is 0.0558 e. The number of aliphatic hydroxyl groups excluding tert-OH is 2. The van der Waals surface area contributed by atoms with Crippen molar-refractivity contribution in [1.82, 2.24) is 14.7 Å². The summed E-state index contributed by atoms with van der Waals surface area (Å²) in [7, 11) is 2.15. The molecule has 16 heavy (non-hydrogen) atoms. The fourth-order valence-electron chi connectivity index (χ4n) is 1.97. The molecule has 1 aliphatic heterocycles. The number of rotatable bonds is 7. The third-order valence-electron chi connectivity index (χ3n) is 3.16. The summed E-state index contributed by atoms with van der Waals surface area (Å²) in [6.45, 7) is 8.16. The van der Waals surface area contributed by atoms with E-state index in [1.54, 1.807) is 0 Å². The van der Waals surface area contributed by atoms with Crippen LogP contribution in [0.2, 0.25) is 0 Å². The molecule has 96 valence electrons. The lowest BCUT2D eigenvalue weighted by atomic mass is 10.3. The first-order chi connectivity index (χ1) is 7.76. The molecule has 2 N–H and O–H groups in total. The van der Waals surface area contributed by atoms with Crippen LogP contribution in [0.15, 0.2) is 0 Å². The summed E-state index contributed by atoms with van der Waals surface area (Å²) in [6.07, 6.45) is 0. The van der Waals surface area contributed by atoms with Gasteiger partial charge < -0.3 is 15.1 Å². The molecule has 5 heteroatoms. The van der Waals surface area contributed by atoms with Gasteiger partial charge in [0.15, 0.2) is 0 Å². The van der Waals surface area contributed by atoms with E-state index >= 15 is 0 Å². The van der Waals surface area contributed by atoms with Crippen LogP contribution in [0.1, 0.15) is 0 Å². The maximum absolute atomic E-state index is 8.89. The molecule has 0 amide bonds. The lowest BCUT2D eigenvalue weighted by molar-refractivity contribution is 0.116. The van der Waals surface area contributed by atoms with E-state index in [0.29, 0.717) is 13.1 Å². The Morgan fingerprint density at radius 3 is 2.00 bits per heavy atom. The van der Waals surface area contributed by atoms with Crippen molar-refractivity contribution in [3.63, 3.8) is 0 Å². The maximum atomic E-state index is 8.89. The highest BCUT2D eigenvalue weighted by molar-refractivity contribution is 4.70. The zero-order valence-electron chi connectivity index (χ0n) is 10.3. The van der Waals surface area contributed by atoms with Crippen LogP contribution >= 0.6 is 0 Å². The maximum Gasteiger partial charge on any atom is 0.0558 e. The molecule has 1 rings (SSSR count). The lowest BCUT2D eigenvalue weighted by Crippen LogP contribution is -2.47. The van der Waals surface area contributed by atoms with Crippen LogP contribution < -0.4 is 0 Å². The minimum absolute atomic E-state index is 0.169. The predicted octanol–water partition coefficient (Wildman–Crippen LogP) is -1.48. The van der Waals surface area contributed by atoms with Crippen molar-refractivity contribution in [3.05, 3.63) is 0 Å². The number of aliphatic hydroxyl groups is 2. The minimum Gasteiger partial charge on any atom is -0.395 e. The molecule has 0 unspecified atom stereocenters. The Hall–Kier alpha value is -0.200. The molecule has 1 fully saturated rings. The normalized spacial score (nSPS) is 19.5. The van der Waals surface area contributed by atoms with Crippen LogP contribution in [0.25, 0.3) is 0 Å². The van der Waals surface area contributed by atoms with Crippen molar-refractivity contribution in [2.45, 2.75) is 0 Å². The monoisotopic (exact) mass is 231 g/mol. The van der Waals surface area contributed by atoms with Gasteiger partial charge in [0.2, 0.25) is 0 Å². The van der Waals surface area contributed by atoms with Crippen molar-refractivity contribution >= 4 is 0 Å². The van der Waals surface area contributed by atoms with Gasteiger partial charge in [-0.3, -0.25) is 9.80 Å². The van der Waals surface area contributed by atoms with E-state index in [1.165, 1.54) is 0 Å². The second-order valence-electron chi connectivity index (χ2n) is 4.43.